The average molecular weight is 763 g/mol. The van der Waals surface area contributed by atoms with Gasteiger partial charge in [-0.15, -0.1) is 22.7 Å². The van der Waals surface area contributed by atoms with Crippen LogP contribution in [-0.2, 0) is 0 Å². The van der Waals surface area contributed by atoms with E-state index < -0.39 is 0 Å². The number of benzene rings is 8. The summed E-state index contributed by atoms with van der Waals surface area (Å²) in [4.78, 5) is 15.4. The van der Waals surface area contributed by atoms with Gasteiger partial charge < -0.3 is 4.57 Å². The van der Waals surface area contributed by atoms with Crippen molar-refractivity contribution >= 4 is 84.8 Å². The minimum Gasteiger partial charge on any atom is -0.309 e. The number of thiophene rings is 2. The lowest BCUT2D eigenvalue weighted by Gasteiger charge is -2.10. The Bertz CT molecular complexity index is 3530. The summed E-state index contributed by atoms with van der Waals surface area (Å²) in [5.74, 6) is 2.00. The van der Waals surface area contributed by atoms with Crippen molar-refractivity contribution in [3.8, 4) is 51.0 Å². The molecule has 57 heavy (non-hydrogen) atoms. The van der Waals surface area contributed by atoms with Gasteiger partial charge in [-0.05, 0) is 65.7 Å². The second-order valence-electron chi connectivity index (χ2n) is 14.4. The highest BCUT2D eigenvalue weighted by atomic mass is 32.1. The molecule has 0 atom stereocenters. The number of aromatic nitrogens is 4. The molecule has 0 aliphatic heterocycles. The van der Waals surface area contributed by atoms with Crippen molar-refractivity contribution in [1.29, 1.82) is 0 Å². The first-order chi connectivity index (χ1) is 28.2. The van der Waals surface area contributed by atoms with Crippen molar-refractivity contribution in [1.82, 2.24) is 19.5 Å². The van der Waals surface area contributed by atoms with E-state index in [0.717, 1.165) is 22.4 Å². The molecule has 266 valence electrons. The fourth-order valence-electron chi connectivity index (χ4n) is 8.50. The second-order valence-corrected chi connectivity index (χ2v) is 16.5. The third-order valence-corrected chi connectivity index (χ3v) is 13.3. The van der Waals surface area contributed by atoms with Crippen LogP contribution in [0.3, 0.4) is 0 Å². The molecular formula is C51H30N4S2. The molecular weight excluding hydrogens is 733 g/mol. The van der Waals surface area contributed by atoms with Crippen LogP contribution in [0.15, 0.2) is 182 Å². The van der Waals surface area contributed by atoms with Gasteiger partial charge in [-0.2, -0.15) is 0 Å². The summed E-state index contributed by atoms with van der Waals surface area (Å²) in [5, 5.41) is 7.41. The molecule has 0 fully saturated rings. The number of para-hydroxylation sites is 2. The van der Waals surface area contributed by atoms with Crippen molar-refractivity contribution in [2.45, 2.75) is 0 Å². The Kier molecular flexibility index (Phi) is 7.24. The summed E-state index contributed by atoms with van der Waals surface area (Å²) >= 11 is 3.62. The minimum absolute atomic E-state index is 0.663. The standard InChI is InChI=1S/C51H30N4S2/c1-3-13-31(14-4-1)49-52-50(54-51(53-49)39-20-12-24-45-48(39)38-18-8-10-23-43(38)56-45)33-25-27-36-40-29-32(26-28-44(40)57-46(36)30-33)35-19-11-22-42-47(35)37-17-7-9-21-41(37)55(42)34-15-5-2-6-16-34/h1-30H. The number of nitrogens with zero attached hydrogens (tertiary/aromatic N) is 4. The molecule has 0 unspecified atom stereocenters. The molecule has 8 aromatic carbocycles. The van der Waals surface area contributed by atoms with Crippen LogP contribution in [-0.4, -0.2) is 19.5 Å². The van der Waals surface area contributed by atoms with Crippen molar-refractivity contribution in [2.75, 3.05) is 0 Å². The molecule has 0 radical (unpaired) electrons. The Hall–Kier alpha value is -6.99. The van der Waals surface area contributed by atoms with Gasteiger partial charge in [-0.1, -0.05) is 127 Å². The largest absolute Gasteiger partial charge is 0.309 e. The predicted octanol–water partition coefficient (Wildman–Crippen LogP) is 14.4. The molecule has 4 heterocycles. The van der Waals surface area contributed by atoms with Crippen LogP contribution >= 0.6 is 22.7 Å². The van der Waals surface area contributed by atoms with Crippen LogP contribution in [0.2, 0.25) is 0 Å². The summed E-state index contributed by atoms with van der Waals surface area (Å²) in [7, 11) is 0. The molecule has 12 rings (SSSR count). The minimum atomic E-state index is 0.663. The fraction of sp³-hybridized carbons (Fsp3) is 0. The van der Waals surface area contributed by atoms with E-state index in [0.29, 0.717) is 17.5 Å². The van der Waals surface area contributed by atoms with E-state index in [9.17, 15) is 0 Å². The molecule has 4 nitrogen and oxygen atoms in total. The molecule has 0 spiro atoms. The van der Waals surface area contributed by atoms with Crippen LogP contribution in [0, 0.1) is 0 Å². The molecule has 0 saturated carbocycles. The van der Waals surface area contributed by atoms with E-state index >= 15 is 0 Å². The summed E-state index contributed by atoms with van der Waals surface area (Å²) in [6.07, 6.45) is 0. The first-order valence-electron chi connectivity index (χ1n) is 19.0. The molecule has 4 aromatic heterocycles. The third-order valence-electron chi connectivity index (χ3n) is 11.1. The Morgan fingerprint density at radius 3 is 1.84 bits per heavy atom. The molecule has 0 saturated heterocycles. The monoisotopic (exact) mass is 762 g/mol. The zero-order valence-corrected chi connectivity index (χ0v) is 32.1. The molecule has 6 heteroatoms. The van der Waals surface area contributed by atoms with Gasteiger partial charge in [-0.25, -0.2) is 15.0 Å². The lowest BCUT2D eigenvalue weighted by atomic mass is 9.98. The van der Waals surface area contributed by atoms with E-state index in [-0.39, 0.29) is 0 Å². The van der Waals surface area contributed by atoms with Crippen LogP contribution in [0.4, 0.5) is 0 Å². The zero-order valence-electron chi connectivity index (χ0n) is 30.4. The van der Waals surface area contributed by atoms with E-state index in [4.69, 9.17) is 15.0 Å². The Balaban J connectivity index is 1.01. The molecule has 0 amide bonds. The summed E-state index contributed by atoms with van der Waals surface area (Å²) in [6, 6.07) is 64.9. The van der Waals surface area contributed by atoms with Gasteiger partial charge >= 0.3 is 0 Å². The average Bonchev–Trinajstić information content (AvgIpc) is 3.96. The normalized spacial score (nSPS) is 11.9. The predicted molar refractivity (Wildman–Crippen MR) is 242 cm³/mol. The van der Waals surface area contributed by atoms with Gasteiger partial charge in [0.1, 0.15) is 0 Å². The van der Waals surface area contributed by atoms with Crippen LogP contribution < -0.4 is 0 Å². The lowest BCUT2D eigenvalue weighted by Crippen LogP contribution is -2.00. The topological polar surface area (TPSA) is 43.6 Å². The third kappa shape index (κ3) is 5.15. The van der Waals surface area contributed by atoms with Gasteiger partial charge in [-0.3, -0.25) is 0 Å². The summed E-state index contributed by atoms with van der Waals surface area (Å²) < 4.78 is 7.31. The zero-order chi connectivity index (χ0) is 37.5. The highest BCUT2D eigenvalue weighted by molar-refractivity contribution is 7.26. The quantitative estimate of drug-likeness (QED) is 0.175. The summed E-state index contributed by atoms with van der Waals surface area (Å²) in [6.45, 7) is 0. The molecule has 12 aromatic rings. The lowest BCUT2D eigenvalue weighted by molar-refractivity contribution is 1.08. The molecule has 0 N–H and O–H groups in total. The Labute approximate surface area is 335 Å². The van der Waals surface area contributed by atoms with Crippen LogP contribution in [0.1, 0.15) is 0 Å². The highest BCUT2D eigenvalue weighted by Gasteiger charge is 2.19. The fourth-order valence-corrected chi connectivity index (χ4v) is 10.8. The van der Waals surface area contributed by atoms with Crippen LogP contribution in [0.5, 0.6) is 0 Å². The SMILES string of the molecule is c1ccc(-c2nc(-c3ccc4c(c3)sc3ccc(-c5cccc6c5c5ccccc5n6-c5ccccc5)cc34)nc(-c3cccc4sc5ccccc5c34)n2)cc1. The molecule has 0 aliphatic carbocycles. The van der Waals surface area contributed by atoms with Crippen LogP contribution in [0.25, 0.3) is 113 Å². The maximum atomic E-state index is 5.21. The summed E-state index contributed by atoms with van der Waals surface area (Å²) in [5.41, 5.74) is 8.96. The number of hydrogen-bond donors (Lipinski definition) is 0. The van der Waals surface area contributed by atoms with Crippen molar-refractivity contribution in [3.05, 3.63) is 182 Å². The van der Waals surface area contributed by atoms with Crippen molar-refractivity contribution in [3.63, 3.8) is 0 Å². The Morgan fingerprint density at radius 1 is 0.333 bits per heavy atom. The maximum absolute atomic E-state index is 5.21. The van der Waals surface area contributed by atoms with Crippen molar-refractivity contribution in [2.24, 2.45) is 0 Å². The molecule has 0 bridgehead atoms. The van der Waals surface area contributed by atoms with E-state index in [1.807, 2.05) is 29.5 Å². The number of hydrogen-bond acceptors (Lipinski definition) is 5. The van der Waals surface area contributed by atoms with E-state index in [1.165, 1.54) is 73.3 Å². The van der Waals surface area contributed by atoms with E-state index in [2.05, 4.69) is 168 Å². The van der Waals surface area contributed by atoms with Crippen molar-refractivity contribution < 1.29 is 0 Å². The Morgan fingerprint density at radius 2 is 0.965 bits per heavy atom. The highest BCUT2D eigenvalue weighted by Crippen LogP contribution is 2.43. The first-order valence-corrected chi connectivity index (χ1v) is 20.7. The second kappa shape index (κ2) is 12.8. The van der Waals surface area contributed by atoms with Gasteiger partial charge in [0, 0.05) is 73.5 Å². The maximum Gasteiger partial charge on any atom is 0.164 e. The van der Waals surface area contributed by atoms with E-state index in [1.54, 1.807) is 11.3 Å². The van der Waals surface area contributed by atoms with Gasteiger partial charge in [0.15, 0.2) is 17.5 Å². The van der Waals surface area contributed by atoms with Gasteiger partial charge in [0.25, 0.3) is 0 Å². The smallest absolute Gasteiger partial charge is 0.164 e. The first kappa shape index (κ1) is 32.3. The van der Waals surface area contributed by atoms with Gasteiger partial charge in [0.05, 0.1) is 11.0 Å². The number of fused-ring (bicyclic) bond motifs is 9. The molecule has 0 aliphatic rings. The van der Waals surface area contributed by atoms with Gasteiger partial charge in [0.2, 0.25) is 0 Å². The number of rotatable bonds is 5.